The number of likely N-dealkylation sites (tertiary alicyclic amines) is 1. The maximum atomic E-state index is 15.0. The van der Waals surface area contributed by atoms with Crippen LogP contribution in [0.1, 0.15) is 17.5 Å². The quantitative estimate of drug-likeness (QED) is 0.385. The lowest BCUT2D eigenvalue weighted by atomic mass is 9.81. The number of sulfonamides is 1. The highest BCUT2D eigenvalue weighted by molar-refractivity contribution is 7.95. The van der Waals surface area contributed by atoms with Gasteiger partial charge in [-0.15, -0.1) is 24.5 Å². The Hall–Kier alpha value is -3.93. The Kier molecular flexibility index (Phi) is 8.02. The second-order valence-electron chi connectivity index (χ2n) is 10.1. The van der Waals surface area contributed by atoms with Crippen molar-refractivity contribution in [1.82, 2.24) is 14.8 Å². The van der Waals surface area contributed by atoms with Crippen molar-refractivity contribution in [3.63, 3.8) is 0 Å². The maximum absolute atomic E-state index is 15.0. The molecule has 4 heterocycles. The van der Waals surface area contributed by atoms with Gasteiger partial charge in [0.2, 0.25) is 11.8 Å². The minimum Gasteiger partial charge on any atom is -0.494 e. The molecule has 44 heavy (non-hydrogen) atoms. The zero-order valence-corrected chi connectivity index (χ0v) is 25.4. The molecule has 2 aliphatic rings. The third kappa shape index (κ3) is 4.92. The fourth-order valence-electron chi connectivity index (χ4n) is 5.73. The summed E-state index contributed by atoms with van der Waals surface area (Å²) in [6, 6.07) is 5.80. The number of pyridine rings is 1. The molecule has 1 N–H and O–H groups in total. The number of carbonyl (C=O) groups excluding carboxylic acids is 2. The molecule has 0 spiro atoms. The summed E-state index contributed by atoms with van der Waals surface area (Å²) in [5, 5.41) is 12.3. The molecule has 2 amide bonds. The zero-order valence-electron chi connectivity index (χ0n) is 23.7. The smallest absolute Gasteiger partial charge is 0.494 e. The van der Waals surface area contributed by atoms with Crippen LogP contribution in [0.2, 0.25) is 0 Å². The van der Waals surface area contributed by atoms with Gasteiger partial charge in [-0.2, -0.15) is 12.7 Å². The van der Waals surface area contributed by atoms with Crippen LogP contribution < -0.4 is 18.5 Å². The molecule has 0 saturated carbocycles. The van der Waals surface area contributed by atoms with E-state index in [0.717, 1.165) is 29.5 Å². The second kappa shape index (κ2) is 11.2. The van der Waals surface area contributed by atoms with Crippen LogP contribution in [0, 0.1) is 0 Å². The number of aliphatic hydroxyl groups excluding tert-OH is 1. The molecule has 5 rings (SSSR count). The summed E-state index contributed by atoms with van der Waals surface area (Å²) >= 11 is 0.770. The molecule has 236 valence electrons. The Morgan fingerprint density at radius 2 is 1.89 bits per heavy atom. The summed E-state index contributed by atoms with van der Waals surface area (Å²) < 4.78 is 83.8. The van der Waals surface area contributed by atoms with E-state index in [1.165, 1.54) is 67.9 Å². The summed E-state index contributed by atoms with van der Waals surface area (Å²) in [6.07, 6.45) is -5.12. The van der Waals surface area contributed by atoms with Gasteiger partial charge < -0.3 is 24.2 Å². The SMILES string of the molecule is COc1ccsc1S(=O)(=O)N1C(=O)C(c2cccnc2OC)(N2C[C@H](O)C[C@H]2C(=O)N(C)C)c2cc(OC(F)(F)F)ccc21. The van der Waals surface area contributed by atoms with E-state index >= 15 is 4.79 Å². The van der Waals surface area contributed by atoms with Crippen molar-refractivity contribution in [2.45, 2.75) is 34.7 Å². The average Bonchev–Trinajstić information content (AvgIpc) is 3.66. The number of hydrogen-bond donors (Lipinski definition) is 1. The number of carbonyl (C=O) groups is 2. The largest absolute Gasteiger partial charge is 0.573 e. The minimum atomic E-state index is -5.13. The van der Waals surface area contributed by atoms with E-state index in [9.17, 15) is 31.5 Å². The first kappa shape index (κ1) is 31.5. The van der Waals surface area contributed by atoms with Gasteiger partial charge in [-0.25, -0.2) is 4.98 Å². The van der Waals surface area contributed by atoms with E-state index < -0.39 is 51.6 Å². The maximum Gasteiger partial charge on any atom is 0.573 e. The molecular weight excluding hydrogens is 629 g/mol. The molecule has 0 bridgehead atoms. The normalized spacial score (nSPS) is 22.2. The first-order valence-electron chi connectivity index (χ1n) is 13.0. The number of rotatable bonds is 8. The standard InChI is InChI=1S/C27H27F3N4O8S2/c1-32(2)23(36)20-12-15(35)14-33(20)26(17-6-5-10-31-22(17)41-4)18-13-16(42-27(28,29)30)7-8-19(18)34(25(26)37)44(38,39)24-21(40-3)9-11-43-24/h5-11,13,15,20,35H,12,14H2,1-4H3/t15-,20+,26?/m1/s1. The van der Waals surface area contributed by atoms with Crippen molar-refractivity contribution in [2.75, 3.05) is 39.2 Å². The number of hydrogen-bond acceptors (Lipinski definition) is 11. The Morgan fingerprint density at radius 3 is 2.52 bits per heavy atom. The molecular formula is C27H27F3N4O8S2. The summed E-state index contributed by atoms with van der Waals surface area (Å²) in [7, 11) is 0.636. The molecule has 2 aromatic heterocycles. The molecule has 2 aliphatic heterocycles. The topological polar surface area (TPSA) is 139 Å². The molecule has 12 nitrogen and oxygen atoms in total. The zero-order chi connectivity index (χ0) is 32.2. The summed E-state index contributed by atoms with van der Waals surface area (Å²) in [4.78, 5) is 35.2. The van der Waals surface area contributed by atoms with Gasteiger partial charge >= 0.3 is 6.36 Å². The molecule has 1 fully saturated rings. The van der Waals surface area contributed by atoms with Crippen LogP contribution in [0.3, 0.4) is 0 Å². The van der Waals surface area contributed by atoms with E-state index in [4.69, 9.17) is 9.47 Å². The number of aliphatic hydroxyl groups is 1. The molecule has 3 atom stereocenters. The monoisotopic (exact) mass is 656 g/mol. The van der Waals surface area contributed by atoms with Crippen LogP contribution in [0.15, 0.2) is 52.2 Å². The number of amides is 2. The van der Waals surface area contributed by atoms with Crippen LogP contribution in [-0.2, 0) is 25.2 Å². The summed E-state index contributed by atoms with van der Waals surface area (Å²) in [5.41, 5.74) is -2.98. The fraction of sp³-hybridized carbons (Fsp3) is 0.370. The first-order valence-corrected chi connectivity index (χ1v) is 15.3. The van der Waals surface area contributed by atoms with Crippen molar-refractivity contribution < 1.29 is 50.5 Å². The number of aromatic nitrogens is 1. The van der Waals surface area contributed by atoms with E-state index in [1.807, 2.05) is 0 Å². The minimum absolute atomic E-state index is 0.0601. The van der Waals surface area contributed by atoms with Crippen LogP contribution >= 0.6 is 11.3 Å². The van der Waals surface area contributed by atoms with Crippen molar-refractivity contribution in [2.24, 2.45) is 0 Å². The van der Waals surface area contributed by atoms with E-state index in [1.54, 1.807) is 0 Å². The number of benzene rings is 1. The number of fused-ring (bicyclic) bond motifs is 1. The molecule has 3 aromatic rings. The fourth-order valence-corrected chi connectivity index (χ4v) is 8.53. The summed E-state index contributed by atoms with van der Waals surface area (Å²) in [6.45, 7) is -0.339. The van der Waals surface area contributed by atoms with Crippen molar-refractivity contribution in [1.29, 1.82) is 0 Å². The Labute approximate surface area is 254 Å². The highest BCUT2D eigenvalue weighted by atomic mass is 32.2. The number of thiophene rings is 1. The Balaban J connectivity index is 1.90. The third-order valence-electron chi connectivity index (χ3n) is 7.38. The molecule has 1 saturated heterocycles. The van der Waals surface area contributed by atoms with E-state index in [0.29, 0.717) is 4.31 Å². The number of nitrogens with zero attached hydrogens (tertiary/aromatic N) is 4. The van der Waals surface area contributed by atoms with Crippen LogP contribution in [0.4, 0.5) is 18.9 Å². The number of methoxy groups -OCH3 is 2. The molecule has 0 radical (unpaired) electrons. The lowest BCUT2D eigenvalue weighted by Gasteiger charge is -2.41. The van der Waals surface area contributed by atoms with Crippen molar-refractivity contribution >= 4 is 38.9 Å². The van der Waals surface area contributed by atoms with Gasteiger partial charge in [-0.05, 0) is 48.2 Å². The lowest BCUT2D eigenvalue weighted by Crippen LogP contribution is -2.59. The van der Waals surface area contributed by atoms with Crippen molar-refractivity contribution in [3.8, 4) is 17.4 Å². The van der Waals surface area contributed by atoms with Gasteiger partial charge in [-0.1, -0.05) is 0 Å². The van der Waals surface area contributed by atoms with E-state index in [-0.39, 0.29) is 45.6 Å². The third-order valence-corrected chi connectivity index (χ3v) is 10.5. The molecule has 17 heteroatoms. The van der Waals surface area contributed by atoms with Crippen LogP contribution in [0.5, 0.6) is 17.4 Å². The van der Waals surface area contributed by atoms with E-state index in [2.05, 4.69) is 9.72 Å². The van der Waals surface area contributed by atoms with Gasteiger partial charge in [0.15, 0.2) is 9.75 Å². The first-order chi connectivity index (χ1) is 20.7. The average molecular weight is 657 g/mol. The molecule has 1 unspecified atom stereocenters. The number of halogens is 3. The van der Waals surface area contributed by atoms with Gasteiger partial charge in [0.25, 0.3) is 15.9 Å². The predicted molar refractivity (Wildman–Crippen MR) is 150 cm³/mol. The second-order valence-corrected chi connectivity index (χ2v) is 13.0. The number of alkyl halides is 3. The van der Waals surface area contributed by atoms with Crippen molar-refractivity contribution in [3.05, 3.63) is 59.1 Å². The Morgan fingerprint density at radius 1 is 1.16 bits per heavy atom. The van der Waals surface area contributed by atoms with Crippen LogP contribution in [-0.4, -0.2) is 93.5 Å². The number of ether oxygens (including phenoxy) is 3. The summed E-state index contributed by atoms with van der Waals surface area (Å²) in [5.74, 6) is -2.68. The predicted octanol–water partition coefficient (Wildman–Crippen LogP) is 2.56. The molecule has 1 aromatic carbocycles. The van der Waals surface area contributed by atoms with Gasteiger partial charge in [0, 0.05) is 38.0 Å². The molecule has 0 aliphatic carbocycles. The highest BCUT2D eigenvalue weighted by Gasteiger charge is 2.64. The number of likely N-dealkylation sites (N-methyl/N-ethyl adjacent to an activating group) is 1. The number of anilines is 1. The number of β-amino-alcohol motifs (C(OH)–C–C–N with tert-alkyl or cyclic N) is 1. The van der Waals surface area contributed by atoms with Gasteiger partial charge in [-0.3, -0.25) is 14.5 Å². The van der Waals surface area contributed by atoms with Gasteiger partial charge in [0.05, 0.1) is 32.1 Å². The Bertz CT molecular complexity index is 1710. The van der Waals surface area contributed by atoms with Crippen LogP contribution in [0.25, 0.3) is 0 Å². The highest BCUT2D eigenvalue weighted by Crippen LogP contribution is 2.55. The van der Waals surface area contributed by atoms with Gasteiger partial charge in [0.1, 0.15) is 11.5 Å². The lowest BCUT2D eigenvalue weighted by molar-refractivity contribution is -0.274.